The van der Waals surface area contributed by atoms with E-state index in [0.29, 0.717) is 36.6 Å². The first-order chi connectivity index (χ1) is 9.58. The van der Waals surface area contributed by atoms with E-state index in [0.717, 1.165) is 4.90 Å². The Labute approximate surface area is 127 Å². The molecule has 6 heteroatoms. The van der Waals surface area contributed by atoms with Crippen LogP contribution in [0, 0.1) is 0 Å². The third kappa shape index (κ3) is 8.07. The van der Waals surface area contributed by atoms with Gasteiger partial charge < -0.3 is 10.4 Å². The summed E-state index contributed by atoms with van der Waals surface area (Å²) in [5, 5.41) is 12.0. The Morgan fingerprint density at radius 3 is 2.50 bits per heavy atom. The van der Waals surface area contributed by atoms with Crippen LogP contribution in [0.15, 0.2) is 29.2 Å². The summed E-state index contributed by atoms with van der Waals surface area (Å²) in [7, 11) is 0. The minimum absolute atomic E-state index is 0.00166. The molecule has 0 aliphatic heterocycles. The number of benzene rings is 1. The van der Waals surface area contributed by atoms with Crippen molar-refractivity contribution >= 4 is 35.2 Å². The molecular formula is C14H18ClNO3S. The van der Waals surface area contributed by atoms with Crippen LogP contribution >= 0.6 is 23.4 Å². The topological polar surface area (TPSA) is 66.4 Å². The third-order valence-corrected chi connectivity index (χ3v) is 3.82. The Balaban J connectivity index is 2.05. The number of hydrogen-bond acceptors (Lipinski definition) is 3. The van der Waals surface area contributed by atoms with Gasteiger partial charge in [0.15, 0.2) is 0 Å². The first-order valence-corrected chi connectivity index (χ1v) is 7.81. The lowest BCUT2D eigenvalue weighted by Gasteiger charge is -2.05. The zero-order chi connectivity index (χ0) is 14.8. The molecule has 0 fully saturated rings. The monoisotopic (exact) mass is 315 g/mol. The first-order valence-electron chi connectivity index (χ1n) is 6.45. The van der Waals surface area contributed by atoms with Crippen LogP contribution < -0.4 is 5.32 Å². The van der Waals surface area contributed by atoms with Crippen molar-refractivity contribution in [1.82, 2.24) is 5.32 Å². The molecule has 0 bridgehead atoms. The van der Waals surface area contributed by atoms with Gasteiger partial charge in [-0.25, -0.2) is 0 Å². The van der Waals surface area contributed by atoms with Crippen molar-refractivity contribution in [3.8, 4) is 0 Å². The van der Waals surface area contributed by atoms with Gasteiger partial charge >= 0.3 is 5.97 Å². The Morgan fingerprint density at radius 2 is 1.85 bits per heavy atom. The average Bonchev–Trinajstić information content (AvgIpc) is 2.40. The van der Waals surface area contributed by atoms with Crippen LogP contribution in [0.3, 0.4) is 0 Å². The minimum Gasteiger partial charge on any atom is -0.481 e. The van der Waals surface area contributed by atoms with E-state index in [1.165, 1.54) is 0 Å². The molecule has 0 radical (unpaired) electrons. The normalized spacial score (nSPS) is 10.2. The number of carbonyl (C=O) groups is 2. The Hall–Kier alpha value is -1.20. The second-order valence-corrected chi connectivity index (χ2v) is 5.86. The molecule has 4 nitrogen and oxygen atoms in total. The Bertz CT molecular complexity index is 437. The molecule has 20 heavy (non-hydrogen) atoms. The summed E-state index contributed by atoms with van der Waals surface area (Å²) in [4.78, 5) is 22.9. The third-order valence-electron chi connectivity index (χ3n) is 2.55. The molecule has 0 aromatic heterocycles. The van der Waals surface area contributed by atoms with Gasteiger partial charge in [-0.05, 0) is 37.1 Å². The van der Waals surface area contributed by atoms with Crippen molar-refractivity contribution in [2.45, 2.75) is 30.6 Å². The summed E-state index contributed by atoms with van der Waals surface area (Å²) < 4.78 is 0. The van der Waals surface area contributed by atoms with Crippen LogP contribution in [0.2, 0.25) is 5.02 Å². The van der Waals surface area contributed by atoms with Crippen molar-refractivity contribution < 1.29 is 14.7 Å². The number of aliphatic carboxylic acids is 1. The smallest absolute Gasteiger partial charge is 0.303 e. The number of thioether (sulfide) groups is 1. The molecule has 2 N–H and O–H groups in total. The molecule has 1 aromatic rings. The molecule has 0 saturated heterocycles. The van der Waals surface area contributed by atoms with E-state index in [1.54, 1.807) is 11.8 Å². The average molecular weight is 316 g/mol. The summed E-state index contributed by atoms with van der Waals surface area (Å²) in [6.07, 6.45) is 1.89. The number of unbranched alkanes of at least 4 members (excludes halogenated alkanes) is 1. The largest absolute Gasteiger partial charge is 0.481 e. The summed E-state index contributed by atoms with van der Waals surface area (Å²) in [6.45, 7) is 0.539. The van der Waals surface area contributed by atoms with Gasteiger partial charge in [-0.2, -0.15) is 0 Å². The van der Waals surface area contributed by atoms with Gasteiger partial charge in [0.2, 0.25) is 5.91 Å². The summed E-state index contributed by atoms with van der Waals surface area (Å²) in [5.41, 5.74) is 0. The van der Waals surface area contributed by atoms with Gasteiger partial charge in [0.1, 0.15) is 0 Å². The maximum Gasteiger partial charge on any atom is 0.303 e. The molecular weight excluding hydrogens is 298 g/mol. The number of nitrogens with one attached hydrogen (secondary N) is 1. The number of carboxylic acids is 1. The number of rotatable bonds is 9. The molecule has 0 unspecified atom stereocenters. The minimum atomic E-state index is -0.796. The number of carbonyl (C=O) groups excluding carboxylic acids is 1. The molecule has 1 rings (SSSR count). The van der Waals surface area contributed by atoms with Gasteiger partial charge in [-0.15, -0.1) is 11.8 Å². The SMILES string of the molecule is O=C(O)CCCCNC(=O)CCSc1ccc(Cl)cc1. The van der Waals surface area contributed by atoms with Crippen LogP contribution in [0.5, 0.6) is 0 Å². The maximum absolute atomic E-state index is 11.5. The standard InChI is InChI=1S/C14H18ClNO3S/c15-11-4-6-12(7-5-11)20-10-8-13(17)16-9-2-1-3-14(18)19/h4-7H,1-3,8-10H2,(H,16,17)(H,18,19). The van der Waals surface area contributed by atoms with Crippen molar-refractivity contribution in [3.63, 3.8) is 0 Å². The van der Waals surface area contributed by atoms with Crippen LogP contribution in [0.4, 0.5) is 0 Å². The van der Waals surface area contributed by atoms with Crippen molar-refractivity contribution in [1.29, 1.82) is 0 Å². The van der Waals surface area contributed by atoms with Crippen LogP contribution in [-0.4, -0.2) is 29.3 Å². The second-order valence-electron chi connectivity index (χ2n) is 4.25. The summed E-state index contributed by atoms with van der Waals surface area (Å²) in [6, 6.07) is 7.51. The predicted octanol–water partition coefficient (Wildman–Crippen LogP) is 3.19. The zero-order valence-electron chi connectivity index (χ0n) is 11.1. The van der Waals surface area contributed by atoms with Gasteiger partial charge in [-0.1, -0.05) is 11.6 Å². The predicted molar refractivity (Wildman–Crippen MR) is 81.3 cm³/mol. The Morgan fingerprint density at radius 1 is 1.15 bits per heavy atom. The number of hydrogen-bond donors (Lipinski definition) is 2. The molecule has 0 aliphatic carbocycles. The highest BCUT2D eigenvalue weighted by Gasteiger charge is 2.02. The van der Waals surface area contributed by atoms with E-state index in [-0.39, 0.29) is 12.3 Å². The van der Waals surface area contributed by atoms with Gasteiger partial charge in [0, 0.05) is 35.1 Å². The molecule has 1 amide bonds. The van der Waals surface area contributed by atoms with Crippen molar-refractivity contribution in [2.24, 2.45) is 0 Å². The summed E-state index contributed by atoms with van der Waals surface area (Å²) in [5.74, 6) is -0.0831. The summed E-state index contributed by atoms with van der Waals surface area (Å²) >= 11 is 7.40. The number of halogens is 1. The fourth-order valence-electron chi connectivity index (χ4n) is 1.51. The molecule has 0 heterocycles. The van der Waals surface area contributed by atoms with Crippen LogP contribution in [0.1, 0.15) is 25.7 Å². The van der Waals surface area contributed by atoms with Gasteiger partial charge in [0.05, 0.1) is 0 Å². The van der Waals surface area contributed by atoms with Gasteiger partial charge in [-0.3, -0.25) is 9.59 Å². The van der Waals surface area contributed by atoms with Crippen molar-refractivity contribution in [2.75, 3.05) is 12.3 Å². The molecule has 0 aliphatic rings. The molecule has 1 aromatic carbocycles. The van der Waals surface area contributed by atoms with E-state index in [9.17, 15) is 9.59 Å². The van der Waals surface area contributed by atoms with Gasteiger partial charge in [0.25, 0.3) is 0 Å². The lowest BCUT2D eigenvalue weighted by molar-refractivity contribution is -0.137. The lowest BCUT2D eigenvalue weighted by atomic mass is 10.2. The highest BCUT2D eigenvalue weighted by atomic mass is 35.5. The highest BCUT2D eigenvalue weighted by molar-refractivity contribution is 7.99. The highest BCUT2D eigenvalue weighted by Crippen LogP contribution is 2.20. The number of amides is 1. The second kappa shape index (κ2) is 9.66. The number of carboxylic acid groups (broad SMARTS) is 1. The van der Waals surface area contributed by atoms with E-state index >= 15 is 0 Å². The van der Waals surface area contributed by atoms with Crippen LogP contribution in [-0.2, 0) is 9.59 Å². The fourth-order valence-corrected chi connectivity index (χ4v) is 2.49. The molecule has 110 valence electrons. The first kappa shape index (κ1) is 16.9. The molecule has 0 saturated carbocycles. The fraction of sp³-hybridized carbons (Fsp3) is 0.429. The lowest BCUT2D eigenvalue weighted by Crippen LogP contribution is -2.24. The van der Waals surface area contributed by atoms with E-state index in [2.05, 4.69) is 5.32 Å². The van der Waals surface area contributed by atoms with Crippen molar-refractivity contribution in [3.05, 3.63) is 29.3 Å². The molecule has 0 atom stereocenters. The zero-order valence-corrected chi connectivity index (χ0v) is 12.7. The Kier molecular flexibility index (Phi) is 8.14. The van der Waals surface area contributed by atoms with E-state index in [1.807, 2.05) is 24.3 Å². The quantitative estimate of drug-likeness (QED) is 0.542. The van der Waals surface area contributed by atoms with E-state index in [4.69, 9.17) is 16.7 Å². The maximum atomic E-state index is 11.5. The van der Waals surface area contributed by atoms with Crippen LogP contribution in [0.25, 0.3) is 0 Å². The van der Waals surface area contributed by atoms with E-state index < -0.39 is 5.97 Å². The molecule has 0 spiro atoms.